The molecule has 1 fully saturated rings. The van der Waals surface area contributed by atoms with Gasteiger partial charge in [0, 0.05) is 35.8 Å². The maximum Gasteiger partial charge on any atom is 0.225 e. The first kappa shape index (κ1) is 15.6. The molecule has 0 aliphatic heterocycles. The van der Waals surface area contributed by atoms with Crippen molar-refractivity contribution in [1.29, 1.82) is 0 Å². The zero-order valence-electron chi connectivity index (χ0n) is 14.5. The van der Waals surface area contributed by atoms with Crippen molar-refractivity contribution in [3.05, 3.63) is 59.9 Å². The van der Waals surface area contributed by atoms with Crippen LogP contribution in [0.4, 0.5) is 17.5 Å². The van der Waals surface area contributed by atoms with Gasteiger partial charge < -0.3 is 10.6 Å². The normalized spacial score (nSPS) is 13.5. The van der Waals surface area contributed by atoms with Gasteiger partial charge in [0.1, 0.15) is 5.82 Å². The lowest BCUT2D eigenvalue weighted by atomic mass is 10.1. The Balaban J connectivity index is 1.70. The van der Waals surface area contributed by atoms with Gasteiger partial charge in [-0.15, -0.1) is 0 Å². The van der Waals surface area contributed by atoms with Crippen molar-refractivity contribution >= 4 is 17.5 Å². The van der Waals surface area contributed by atoms with Gasteiger partial charge in [-0.3, -0.25) is 4.98 Å². The van der Waals surface area contributed by atoms with Crippen molar-refractivity contribution in [2.45, 2.75) is 32.7 Å². The van der Waals surface area contributed by atoms with Gasteiger partial charge in [0.15, 0.2) is 0 Å². The Kier molecular flexibility index (Phi) is 4.06. The third kappa shape index (κ3) is 3.94. The molecular weight excluding hydrogens is 310 g/mol. The molecule has 0 bridgehead atoms. The topological polar surface area (TPSA) is 62.7 Å². The first-order chi connectivity index (χ1) is 12.2. The van der Waals surface area contributed by atoms with Gasteiger partial charge in [-0.2, -0.15) is 4.98 Å². The number of nitrogens with zero attached hydrogens (tertiary/aromatic N) is 3. The summed E-state index contributed by atoms with van der Waals surface area (Å²) < 4.78 is 0. The molecule has 0 radical (unpaired) electrons. The van der Waals surface area contributed by atoms with Crippen LogP contribution in [0.1, 0.15) is 24.0 Å². The highest BCUT2D eigenvalue weighted by Gasteiger charge is 2.22. The van der Waals surface area contributed by atoms with E-state index in [-0.39, 0.29) is 0 Å². The highest BCUT2D eigenvalue weighted by atomic mass is 15.2. The predicted octanol–water partition coefficient (Wildman–Crippen LogP) is 4.47. The number of hydrogen-bond donors (Lipinski definition) is 2. The summed E-state index contributed by atoms with van der Waals surface area (Å²) in [6.45, 7) is 4.20. The van der Waals surface area contributed by atoms with Gasteiger partial charge >= 0.3 is 0 Å². The van der Waals surface area contributed by atoms with Gasteiger partial charge in [0.05, 0.1) is 5.69 Å². The first-order valence-electron chi connectivity index (χ1n) is 8.57. The fourth-order valence-electron chi connectivity index (χ4n) is 2.85. The van der Waals surface area contributed by atoms with Crippen LogP contribution >= 0.6 is 0 Å². The fourth-order valence-corrected chi connectivity index (χ4v) is 2.85. The lowest BCUT2D eigenvalue weighted by Gasteiger charge is -2.12. The van der Waals surface area contributed by atoms with Crippen LogP contribution in [0.25, 0.3) is 11.3 Å². The quantitative estimate of drug-likeness (QED) is 0.722. The number of hydrogen-bond acceptors (Lipinski definition) is 5. The Morgan fingerprint density at radius 3 is 2.32 bits per heavy atom. The third-order valence-electron chi connectivity index (χ3n) is 4.11. The summed E-state index contributed by atoms with van der Waals surface area (Å²) in [5.41, 5.74) is 5.39. The van der Waals surface area contributed by atoms with Gasteiger partial charge in [-0.05, 0) is 62.1 Å². The summed E-state index contributed by atoms with van der Waals surface area (Å²) in [7, 11) is 0. The number of aryl methyl sites for hydroxylation is 2. The van der Waals surface area contributed by atoms with E-state index in [9.17, 15) is 0 Å². The van der Waals surface area contributed by atoms with E-state index in [0.29, 0.717) is 12.0 Å². The van der Waals surface area contributed by atoms with E-state index in [1.807, 2.05) is 18.2 Å². The van der Waals surface area contributed by atoms with Crippen molar-refractivity contribution in [3.63, 3.8) is 0 Å². The van der Waals surface area contributed by atoms with E-state index in [1.165, 1.54) is 24.0 Å². The minimum Gasteiger partial charge on any atom is -0.351 e. The first-order valence-corrected chi connectivity index (χ1v) is 8.57. The van der Waals surface area contributed by atoms with Crippen LogP contribution in [0, 0.1) is 13.8 Å². The van der Waals surface area contributed by atoms with Crippen LogP contribution in [0.15, 0.2) is 48.8 Å². The standard InChI is InChI=1S/C20H21N5/c1-13-9-14(2)11-17(10-13)22-19-12-18(15-5-7-21-8-6-15)24-20(25-19)23-16-3-4-16/h5-12,16H,3-4H2,1-2H3,(H2,22,23,24,25). The van der Waals surface area contributed by atoms with Gasteiger partial charge in [0.2, 0.25) is 5.95 Å². The molecule has 2 aromatic heterocycles. The number of benzene rings is 1. The maximum absolute atomic E-state index is 4.67. The van der Waals surface area contributed by atoms with Crippen LogP contribution in [0.3, 0.4) is 0 Å². The molecule has 1 aliphatic carbocycles. The molecule has 3 aromatic rings. The van der Waals surface area contributed by atoms with Gasteiger partial charge in [-0.25, -0.2) is 4.98 Å². The number of anilines is 3. The second-order valence-corrected chi connectivity index (χ2v) is 6.62. The Hall–Kier alpha value is -2.95. The zero-order chi connectivity index (χ0) is 17.2. The van der Waals surface area contributed by atoms with Crippen LogP contribution < -0.4 is 10.6 Å². The second-order valence-electron chi connectivity index (χ2n) is 6.62. The van der Waals surface area contributed by atoms with Crippen LogP contribution in [0.2, 0.25) is 0 Å². The van der Waals surface area contributed by atoms with Crippen LogP contribution in [-0.2, 0) is 0 Å². The smallest absolute Gasteiger partial charge is 0.225 e. The zero-order valence-corrected chi connectivity index (χ0v) is 14.5. The second kappa shape index (κ2) is 6.51. The molecule has 0 saturated heterocycles. The number of aromatic nitrogens is 3. The lowest BCUT2D eigenvalue weighted by molar-refractivity contribution is 1.06. The summed E-state index contributed by atoms with van der Waals surface area (Å²) in [6, 6.07) is 12.8. The summed E-state index contributed by atoms with van der Waals surface area (Å²) >= 11 is 0. The largest absolute Gasteiger partial charge is 0.351 e. The van der Waals surface area contributed by atoms with E-state index < -0.39 is 0 Å². The molecule has 2 heterocycles. The molecule has 0 spiro atoms. The molecule has 5 nitrogen and oxygen atoms in total. The van der Waals surface area contributed by atoms with Crippen molar-refractivity contribution in [2.24, 2.45) is 0 Å². The van der Waals surface area contributed by atoms with Crippen LogP contribution in [0.5, 0.6) is 0 Å². The molecule has 1 saturated carbocycles. The van der Waals surface area contributed by atoms with E-state index in [0.717, 1.165) is 22.8 Å². The monoisotopic (exact) mass is 331 g/mol. The molecule has 126 valence electrons. The van der Waals surface area contributed by atoms with Gasteiger partial charge in [-0.1, -0.05) is 6.07 Å². The molecule has 4 rings (SSSR count). The minimum atomic E-state index is 0.502. The summed E-state index contributed by atoms with van der Waals surface area (Å²) in [5, 5.41) is 6.82. The highest BCUT2D eigenvalue weighted by molar-refractivity contribution is 5.67. The maximum atomic E-state index is 4.67. The summed E-state index contributed by atoms with van der Waals surface area (Å²) in [5.74, 6) is 1.46. The Morgan fingerprint density at radius 1 is 0.920 bits per heavy atom. The van der Waals surface area contributed by atoms with Crippen molar-refractivity contribution in [3.8, 4) is 11.3 Å². The number of nitrogens with one attached hydrogen (secondary N) is 2. The molecule has 0 atom stereocenters. The highest BCUT2D eigenvalue weighted by Crippen LogP contribution is 2.27. The van der Waals surface area contributed by atoms with Crippen molar-refractivity contribution in [1.82, 2.24) is 15.0 Å². The molecule has 1 aliphatic rings. The van der Waals surface area contributed by atoms with E-state index in [2.05, 4.69) is 57.6 Å². The predicted molar refractivity (Wildman–Crippen MR) is 101 cm³/mol. The fraction of sp³-hybridized carbons (Fsp3) is 0.250. The molecule has 5 heteroatoms. The lowest BCUT2D eigenvalue weighted by Crippen LogP contribution is -2.07. The Bertz CT molecular complexity index is 868. The van der Waals surface area contributed by atoms with Crippen molar-refractivity contribution < 1.29 is 0 Å². The molecule has 0 amide bonds. The van der Waals surface area contributed by atoms with E-state index in [4.69, 9.17) is 0 Å². The molecule has 2 N–H and O–H groups in total. The van der Waals surface area contributed by atoms with Gasteiger partial charge in [0.25, 0.3) is 0 Å². The Morgan fingerprint density at radius 2 is 1.64 bits per heavy atom. The average molecular weight is 331 g/mol. The summed E-state index contributed by atoms with van der Waals surface area (Å²) in [6.07, 6.45) is 5.93. The molecular formula is C20H21N5. The number of pyridine rings is 1. The minimum absolute atomic E-state index is 0.502. The molecule has 0 unspecified atom stereocenters. The van der Waals surface area contributed by atoms with E-state index >= 15 is 0 Å². The van der Waals surface area contributed by atoms with Crippen LogP contribution in [-0.4, -0.2) is 21.0 Å². The SMILES string of the molecule is Cc1cc(C)cc(Nc2cc(-c3ccncc3)nc(NC3CC3)n2)c1. The summed E-state index contributed by atoms with van der Waals surface area (Å²) in [4.78, 5) is 13.4. The molecule has 25 heavy (non-hydrogen) atoms. The number of rotatable bonds is 5. The molecule has 1 aromatic carbocycles. The Labute approximate surface area is 147 Å². The third-order valence-corrected chi connectivity index (χ3v) is 4.11. The average Bonchev–Trinajstić information content (AvgIpc) is 3.38. The van der Waals surface area contributed by atoms with E-state index in [1.54, 1.807) is 12.4 Å². The van der Waals surface area contributed by atoms with Crippen molar-refractivity contribution in [2.75, 3.05) is 10.6 Å².